The minimum absolute atomic E-state index is 0.373. The normalized spacial score (nSPS) is 15.3. The molecule has 0 aromatic heterocycles. The van der Waals surface area contributed by atoms with Gasteiger partial charge in [-0.15, -0.1) is 0 Å². The summed E-state index contributed by atoms with van der Waals surface area (Å²) < 4.78 is 0. The molecule has 0 saturated carbocycles. The van der Waals surface area contributed by atoms with E-state index in [-0.39, 0.29) is 0 Å². The Kier molecular flexibility index (Phi) is 6.22. The van der Waals surface area contributed by atoms with Gasteiger partial charge in [-0.2, -0.15) is 0 Å². The van der Waals surface area contributed by atoms with Crippen molar-refractivity contribution in [1.82, 2.24) is 0 Å². The van der Waals surface area contributed by atoms with Crippen molar-refractivity contribution >= 4 is 0 Å². The first-order chi connectivity index (χ1) is 9.29. The zero-order valence-electron chi connectivity index (χ0n) is 13.5. The van der Waals surface area contributed by atoms with Gasteiger partial charge in [0.25, 0.3) is 0 Å². The summed E-state index contributed by atoms with van der Waals surface area (Å²) >= 11 is 0. The summed E-state index contributed by atoms with van der Waals surface area (Å²) in [5.41, 5.74) is 3.71. The van der Waals surface area contributed by atoms with Gasteiger partial charge in [0.2, 0.25) is 0 Å². The lowest BCUT2D eigenvalue weighted by atomic mass is 9.90. The Morgan fingerprint density at radius 1 is 1.10 bits per heavy atom. The van der Waals surface area contributed by atoms with Crippen molar-refractivity contribution in [2.45, 2.75) is 53.6 Å². The first-order valence-electron chi connectivity index (χ1n) is 7.38. The van der Waals surface area contributed by atoms with Gasteiger partial charge in [0.15, 0.2) is 0 Å². The Balaban J connectivity index is 2.66. The van der Waals surface area contributed by atoms with E-state index in [9.17, 15) is 5.11 Å². The van der Waals surface area contributed by atoms with Gasteiger partial charge in [0.05, 0.1) is 6.10 Å². The van der Waals surface area contributed by atoms with Crippen molar-refractivity contribution in [2.24, 2.45) is 5.41 Å². The van der Waals surface area contributed by atoms with Crippen LogP contribution >= 0.6 is 0 Å². The second-order valence-corrected chi connectivity index (χ2v) is 6.69. The summed E-state index contributed by atoms with van der Waals surface area (Å²) in [4.78, 5) is 0. The Bertz CT molecular complexity index is 460. The van der Waals surface area contributed by atoms with E-state index in [2.05, 4.69) is 40.7 Å². The molecule has 0 aliphatic rings. The van der Waals surface area contributed by atoms with Gasteiger partial charge in [0, 0.05) is 0 Å². The summed E-state index contributed by atoms with van der Waals surface area (Å²) in [5.74, 6) is 0. The van der Waals surface area contributed by atoms with Gasteiger partial charge in [0.1, 0.15) is 0 Å². The zero-order chi connectivity index (χ0) is 15.2. The summed E-state index contributed by atoms with van der Waals surface area (Å²) in [6.45, 7) is 11.0. The monoisotopic (exact) mass is 272 g/mol. The highest BCUT2D eigenvalue weighted by molar-refractivity contribution is 5.31. The number of allylic oxidation sites excluding steroid dienone is 3. The third-order valence-corrected chi connectivity index (χ3v) is 3.52. The number of aliphatic hydroxyl groups excluding tert-OH is 1. The van der Waals surface area contributed by atoms with E-state index >= 15 is 0 Å². The molecule has 1 rings (SSSR count). The quantitative estimate of drug-likeness (QED) is 0.708. The van der Waals surface area contributed by atoms with Crippen molar-refractivity contribution in [3.05, 3.63) is 59.2 Å². The lowest BCUT2D eigenvalue weighted by molar-refractivity contribution is 0.228. The third kappa shape index (κ3) is 6.21. The third-order valence-electron chi connectivity index (χ3n) is 3.52. The van der Waals surface area contributed by atoms with Crippen molar-refractivity contribution in [1.29, 1.82) is 0 Å². The minimum atomic E-state index is -0.526. The fourth-order valence-electron chi connectivity index (χ4n) is 2.00. The van der Waals surface area contributed by atoms with Crippen LogP contribution in [-0.4, -0.2) is 5.11 Å². The van der Waals surface area contributed by atoms with Crippen LogP contribution in [0.15, 0.2) is 53.6 Å². The molecule has 0 saturated heterocycles. The van der Waals surface area contributed by atoms with Gasteiger partial charge in [-0.3, -0.25) is 0 Å². The number of benzene rings is 1. The molecule has 1 atom stereocenters. The molecule has 0 spiro atoms. The van der Waals surface area contributed by atoms with E-state index in [0.717, 1.165) is 17.6 Å². The number of hydrogen-bond donors (Lipinski definition) is 1. The molecule has 1 unspecified atom stereocenters. The van der Waals surface area contributed by atoms with Gasteiger partial charge >= 0.3 is 0 Å². The molecular formula is C19H28O. The predicted molar refractivity (Wildman–Crippen MR) is 87.6 cm³/mol. The van der Waals surface area contributed by atoms with E-state index in [4.69, 9.17) is 0 Å². The summed E-state index contributed by atoms with van der Waals surface area (Å²) in [7, 11) is 0. The van der Waals surface area contributed by atoms with Gasteiger partial charge in [-0.05, 0) is 49.3 Å². The summed E-state index contributed by atoms with van der Waals surface area (Å²) in [6.07, 6.45) is 5.94. The van der Waals surface area contributed by atoms with Crippen LogP contribution in [0.3, 0.4) is 0 Å². The maximum Gasteiger partial charge on any atom is 0.0977 e. The SMILES string of the molecule is CC(=C\CCC(C)(C)C)/C(C)=C/C(O)c1ccccc1. The van der Waals surface area contributed by atoms with Crippen LogP contribution < -0.4 is 0 Å². The van der Waals surface area contributed by atoms with E-state index in [1.165, 1.54) is 12.0 Å². The molecule has 0 heterocycles. The Labute approximate surface area is 124 Å². The predicted octanol–water partition coefficient (Wildman–Crippen LogP) is 5.44. The number of rotatable bonds is 5. The highest BCUT2D eigenvalue weighted by Crippen LogP contribution is 2.23. The molecule has 0 aliphatic heterocycles. The van der Waals surface area contributed by atoms with Crippen LogP contribution in [0.4, 0.5) is 0 Å². The Hall–Kier alpha value is -1.34. The topological polar surface area (TPSA) is 20.2 Å². The molecule has 1 aromatic rings. The lowest BCUT2D eigenvalue weighted by Crippen LogP contribution is -2.03. The minimum Gasteiger partial charge on any atom is -0.384 e. The molecule has 0 fully saturated rings. The van der Waals surface area contributed by atoms with E-state index < -0.39 is 6.10 Å². The molecule has 1 aromatic carbocycles. The Morgan fingerprint density at radius 3 is 2.25 bits per heavy atom. The highest BCUT2D eigenvalue weighted by atomic mass is 16.3. The van der Waals surface area contributed by atoms with Crippen molar-refractivity contribution < 1.29 is 5.11 Å². The average molecular weight is 272 g/mol. The van der Waals surface area contributed by atoms with Crippen LogP contribution in [0.2, 0.25) is 0 Å². The lowest BCUT2D eigenvalue weighted by Gasteiger charge is -2.16. The second kappa shape index (κ2) is 7.44. The summed E-state index contributed by atoms with van der Waals surface area (Å²) in [6, 6.07) is 9.77. The molecule has 0 bridgehead atoms. The van der Waals surface area contributed by atoms with E-state index in [1.54, 1.807) is 0 Å². The van der Waals surface area contributed by atoms with Gasteiger partial charge in [-0.1, -0.05) is 62.8 Å². The molecule has 1 heteroatoms. The van der Waals surface area contributed by atoms with Crippen LogP contribution in [0.1, 0.15) is 59.1 Å². The molecule has 20 heavy (non-hydrogen) atoms. The van der Waals surface area contributed by atoms with Crippen LogP contribution in [-0.2, 0) is 0 Å². The van der Waals surface area contributed by atoms with E-state index in [0.29, 0.717) is 5.41 Å². The van der Waals surface area contributed by atoms with Crippen LogP contribution in [0.25, 0.3) is 0 Å². The molecule has 0 aliphatic carbocycles. The first kappa shape index (κ1) is 16.7. The van der Waals surface area contributed by atoms with Crippen LogP contribution in [0.5, 0.6) is 0 Å². The van der Waals surface area contributed by atoms with Crippen LogP contribution in [0, 0.1) is 5.41 Å². The maximum absolute atomic E-state index is 10.2. The maximum atomic E-state index is 10.2. The number of aliphatic hydroxyl groups is 1. The zero-order valence-corrected chi connectivity index (χ0v) is 13.5. The number of hydrogen-bond acceptors (Lipinski definition) is 1. The molecule has 1 nitrogen and oxygen atoms in total. The second-order valence-electron chi connectivity index (χ2n) is 6.69. The smallest absolute Gasteiger partial charge is 0.0977 e. The molecule has 1 N–H and O–H groups in total. The largest absolute Gasteiger partial charge is 0.384 e. The average Bonchev–Trinajstić information content (AvgIpc) is 2.38. The molecule has 110 valence electrons. The molecule has 0 amide bonds. The van der Waals surface area contributed by atoms with Gasteiger partial charge < -0.3 is 5.11 Å². The standard InChI is InChI=1S/C19H28O/c1-15(10-9-13-19(3,4)5)16(2)14-18(20)17-11-7-6-8-12-17/h6-8,10-12,14,18,20H,9,13H2,1-5H3/b15-10+,16-14+. The first-order valence-corrected chi connectivity index (χ1v) is 7.38. The Morgan fingerprint density at radius 2 is 1.70 bits per heavy atom. The van der Waals surface area contributed by atoms with E-state index in [1.807, 2.05) is 36.4 Å². The van der Waals surface area contributed by atoms with Crippen molar-refractivity contribution in [2.75, 3.05) is 0 Å². The van der Waals surface area contributed by atoms with Crippen molar-refractivity contribution in [3.8, 4) is 0 Å². The van der Waals surface area contributed by atoms with Gasteiger partial charge in [-0.25, -0.2) is 0 Å². The molecule has 0 radical (unpaired) electrons. The van der Waals surface area contributed by atoms with Crippen molar-refractivity contribution in [3.63, 3.8) is 0 Å². The molecular weight excluding hydrogens is 244 g/mol. The summed E-state index contributed by atoms with van der Waals surface area (Å²) in [5, 5.41) is 10.2. The fourth-order valence-corrected chi connectivity index (χ4v) is 2.00. The highest BCUT2D eigenvalue weighted by Gasteiger charge is 2.08. The fraction of sp³-hybridized carbons (Fsp3) is 0.474.